The van der Waals surface area contributed by atoms with Gasteiger partial charge in [-0.25, -0.2) is 0 Å². The van der Waals surface area contributed by atoms with Crippen molar-refractivity contribution in [3.05, 3.63) is 72.7 Å². The van der Waals surface area contributed by atoms with Crippen LogP contribution in [0, 0.1) is 0 Å². The molecule has 1 atom stereocenters. The number of nitrogens with zero attached hydrogens (tertiary/aromatic N) is 4. The quantitative estimate of drug-likeness (QED) is 0.230. The molecule has 1 aromatic carbocycles. The Labute approximate surface area is 179 Å². The van der Waals surface area contributed by atoms with Gasteiger partial charge >= 0.3 is 0 Å². The van der Waals surface area contributed by atoms with E-state index < -0.39 is 5.91 Å². The van der Waals surface area contributed by atoms with Crippen LogP contribution in [0.4, 0.5) is 5.95 Å². The lowest BCUT2D eigenvalue weighted by molar-refractivity contribution is -0.110. The van der Waals surface area contributed by atoms with Crippen LogP contribution >= 0.6 is 0 Å². The second kappa shape index (κ2) is 11.1. The first-order valence-corrected chi connectivity index (χ1v) is 9.58. The van der Waals surface area contributed by atoms with Gasteiger partial charge in [-0.05, 0) is 36.6 Å². The monoisotopic (exact) mass is 421 g/mol. The smallest absolute Gasteiger partial charge is 0.278 e. The molecule has 1 unspecified atom stereocenters. The summed E-state index contributed by atoms with van der Waals surface area (Å²) in [6.45, 7) is 0.801. The molecule has 10 nitrogen and oxygen atoms in total. The number of aromatic amines is 1. The van der Waals surface area contributed by atoms with Gasteiger partial charge in [-0.15, -0.1) is 5.10 Å². The van der Waals surface area contributed by atoms with Crippen molar-refractivity contribution in [3.63, 3.8) is 0 Å². The Morgan fingerprint density at radius 3 is 2.90 bits per heavy atom. The van der Waals surface area contributed by atoms with Gasteiger partial charge in [0.15, 0.2) is 5.82 Å². The van der Waals surface area contributed by atoms with E-state index in [1.54, 1.807) is 18.3 Å². The molecule has 0 aliphatic carbocycles. The molecule has 0 radical (unpaired) electrons. The van der Waals surface area contributed by atoms with Gasteiger partial charge < -0.3 is 10.1 Å². The summed E-state index contributed by atoms with van der Waals surface area (Å²) in [7, 11) is 1.70. The van der Waals surface area contributed by atoms with Crippen molar-refractivity contribution in [3.8, 4) is 5.75 Å². The number of hydrazone groups is 1. The van der Waals surface area contributed by atoms with E-state index in [0.717, 1.165) is 5.75 Å². The number of ether oxygens (including phenoxy) is 1. The number of H-pyrrole nitrogens is 1. The predicted octanol–water partition coefficient (Wildman–Crippen LogP) is 1.58. The molecule has 10 heteroatoms. The van der Waals surface area contributed by atoms with Gasteiger partial charge in [-0.3, -0.25) is 25.0 Å². The van der Waals surface area contributed by atoms with Crippen LogP contribution in [0.2, 0.25) is 0 Å². The zero-order valence-electron chi connectivity index (χ0n) is 16.9. The molecular formula is C21H23N7O3. The Hall–Kier alpha value is -4.21. The Morgan fingerprint density at radius 2 is 2.16 bits per heavy atom. The number of allylic oxidation sites excluding steroid dienone is 3. The highest BCUT2D eigenvalue weighted by atomic mass is 16.5. The third-order valence-corrected chi connectivity index (χ3v) is 4.08. The third kappa shape index (κ3) is 6.67. The van der Waals surface area contributed by atoms with Gasteiger partial charge in [0, 0.05) is 7.05 Å². The zero-order valence-corrected chi connectivity index (χ0v) is 16.9. The summed E-state index contributed by atoms with van der Waals surface area (Å²) < 4.78 is 5.63. The number of hydrogen-bond donors (Lipinski definition) is 3. The number of amides is 1. The minimum Gasteiger partial charge on any atom is -0.492 e. The van der Waals surface area contributed by atoms with E-state index in [1.165, 1.54) is 12.2 Å². The number of hydrogen-bond acceptors (Lipinski definition) is 8. The van der Waals surface area contributed by atoms with Crippen molar-refractivity contribution in [1.82, 2.24) is 25.5 Å². The number of likely N-dealkylation sites (N-methyl/N-ethyl adjacent to an activating group) is 1. The predicted molar refractivity (Wildman–Crippen MR) is 116 cm³/mol. The summed E-state index contributed by atoms with van der Waals surface area (Å²) in [6, 6.07) is 9.22. The zero-order chi connectivity index (χ0) is 21.9. The molecule has 0 bridgehead atoms. The van der Waals surface area contributed by atoms with Crippen LogP contribution in [-0.2, 0) is 9.59 Å². The average molecular weight is 421 g/mol. The van der Waals surface area contributed by atoms with Gasteiger partial charge in [0.25, 0.3) is 5.91 Å². The maximum absolute atomic E-state index is 12.6. The topological polar surface area (TPSA) is 125 Å². The third-order valence-electron chi connectivity index (χ3n) is 4.08. The van der Waals surface area contributed by atoms with Gasteiger partial charge in [-0.2, -0.15) is 10.1 Å². The molecular weight excluding hydrogens is 398 g/mol. The lowest BCUT2D eigenvalue weighted by Crippen LogP contribution is -2.27. The molecule has 1 amide bonds. The van der Waals surface area contributed by atoms with E-state index in [2.05, 4.69) is 30.9 Å². The van der Waals surface area contributed by atoms with E-state index in [0.29, 0.717) is 25.3 Å². The molecule has 160 valence electrons. The minimum atomic E-state index is -0.550. The molecule has 2 heterocycles. The Kier molecular flexibility index (Phi) is 7.70. The van der Waals surface area contributed by atoms with Crippen molar-refractivity contribution in [2.45, 2.75) is 6.04 Å². The van der Waals surface area contributed by atoms with Crippen LogP contribution in [0.5, 0.6) is 5.75 Å². The molecule has 0 spiro atoms. The second-order valence-corrected chi connectivity index (χ2v) is 6.41. The largest absolute Gasteiger partial charge is 0.492 e. The Balaban J connectivity index is 1.59. The van der Waals surface area contributed by atoms with Crippen molar-refractivity contribution >= 4 is 23.9 Å². The number of para-hydroxylation sites is 1. The standard InChI is InChI=1S/C21H23N7O3/c1-28(13-15-31-16-8-3-2-4-9-16)27-18(11-7-14-29)20(30)24-21-23-19(25-26-21)17-10-5-6-12-22-17/h2-12,14,17,22H,13,15H2,1H3,(H2,23,24,25,26,30)/b11-7-,27-18+. The van der Waals surface area contributed by atoms with E-state index >= 15 is 0 Å². The lowest BCUT2D eigenvalue weighted by Gasteiger charge is -2.15. The number of dihydropyridines is 1. The van der Waals surface area contributed by atoms with Crippen molar-refractivity contribution in [1.29, 1.82) is 0 Å². The number of carbonyl (C=O) groups excluding carboxylic acids is 2. The van der Waals surface area contributed by atoms with E-state index in [-0.39, 0.29) is 17.7 Å². The average Bonchev–Trinajstić information content (AvgIpc) is 3.26. The fourth-order valence-corrected chi connectivity index (χ4v) is 2.58. The number of nitrogens with one attached hydrogen (secondary N) is 3. The Morgan fingerprint density at radius 1 is 1.32 bits per heavy atom. The lowest BCUT2D eigenvalue weighted by atomic mass is 10.2. The molecule has 1 aliphatic rings. The highest BCUT2D eigenvalue weighted by molar-refractivity contribution is 6.47. The first kappa shape index (κ1) is 21.5. The number of aromatic nitrogens is 3. The van der Waals surface area contributed by atoms with Gasteiger partial charge in [0.1, 0.15) is 30.4 Å². The van der Waals surface area contributed by atoms with E-state index in [4.69, 9.17) is 4.74 Å². The molecule has 3 N–H and O–H groups in total. The maximum Gasteiger partial charge on any atom is 0.278 e. The summed E-state index contributed by atoms with van der Waals surface area (Å²) in [5.41, 5.74) is 0.0271. The molecule has 0 fully saturated rings. The van der Waals surface area contributed by atoms with Crippen molar-refractivity contribution < 1.29 is 14.3 Å². The highest BCUT2D eigenvalue weighted by Gasteiger charge is 2.16. The van der Waals surface area contributed by atoms with Crippen LogP contribution < -0.4 is 15.4 Å². The molecule has 31 heavy (non-hydrogen) atoms. The summed E-state index contributed by atoms with van der Waals surface area (Å²) in [6.07, 6.45) is 10.5. The number of benzene rings is 1. The number of carbonyl (C=O) groups is 2. The van der Waals surface area contributed by atoms with Crippen LogP contribution in [-0.4, -0.2) is 58.3 Å². The number of anilines is 1. The maximum atomic E-state index is 12.6. The normalized spacial score (nSPS) is 15.5. The van der Waals surface area contributed by atoms with Crippen LogP contribution in [0.25, 0.3) is 0 Å². The number of rotatable bonds is 10. The molecule has 0 saturated heterocycles. The molecule has 0 saturated carbocycles. The van der Waals surface area contributed by atoms with E-state index in [9.17, 15) is 9.59 Å². The van der Waals surface area contributed by atoms with Gasteiger partial charge in [-0.1, -0.05) is 30.4 Å². The summed E-state index contributed by atoms with van der Waals surface area (Å²) in [4.78, 5) is 27.6. The SMILES string of the molecule is CN(CCOc1ccccc1)/N=C(\C=C/C=O)C(=O)Nc1n[nH]c(C2C=CC=CN2)n1. The van der Waals surface area contributed by atoms with Crippen molar-refractivity contribution in [2.24, 2.45) is 5.10 Å². The molecule has 2 aromatic rings. The van der Waals surface area contributed by atoms with E-state index in [1.807, 2.05) is 48.6 Å². The summed E-state index contributed by atoms with van der Waals surface area (Å²) in [5.74, 6) is 0.850. The minimum absolute atomic E-state index is 0.0271. The fourth-order valence-electron chi connectivity index (χ4n) is 2.58. The second-order valence-electron chi connectivity index (χ2n) is 6.41. The van der Waals surface area contributed by atoms with Crippen molar-refractivity contribution in [2.75, 3.05) is 25.5 Å². The number of aldehydes is 1. The van der Waals surface area contributed by atoms with Gasteiger partial charge in [0.2, 0.25) is 5.95 Å². The molecule has 1 aliphatic heterocycles. The summed E-state index contributed by atoms with van der Waals surface area (Å²) >= 11 is 0. The van der Waals surface area contributed by atoms with Gasteiger partial charge in [0.05, 0.1) is 6.54 Å². The fraction of sp³-hybridized carbons (Fsp3) is 0.190. The van der Waals surface area contributed by atoms with Crippen LogP contribution in [0.15, 0.2) is 72.0 Å². The first-order chi connectivity index (χ1) is 15.2. The first-order valence-electron chi connectivity index (χ1n) is 9.58. The van der Waals surface area contributed by atoms with Crippen LogP contribution in [0.1, 0.15) is 11.9 Å². The van der Waals surface area contributed by atoms with Crippen LogP contribution in [0.3, 0.4) is 0 Å². The molecule has 3 rings (SSSR count). The Bertz CT molecular complexity index is 995. The summed E-state index contributed by atoms with van der Waals surface area (Å²) in [5, 5.41) is 18.3. The molecule has 1 aromatic heterocycles. The highest BCUT2D eigenvalue weighted by Crippen LogP contribution is 2.13.